The minimum absolute atomic E-state index is 0.108. The van der Waals surface area contributed by atoms with Gasteiger partial charge in [0.05, 0.1) is 22.6 Å². The number of carbonyl (C=O) groups is 1. The molecule has 0 heterocycles. The van der Waals surface area contributed by atoms with Crippen molar-refractivity contribution in [2.75, 3.05) is 19.0 Å². The van der Waals surface area contributed by atoms with Gasteiger partial charge in [0, 0.05) is 12.1 Å². The van der Waals surface area contributed by atoms with E-state index in [0.717, 1.165) is 30.4 Å². The normalized spacial score (nSPS) is 10.2. The Balaban J connectivity index is 2.21. The number of ether oxygens (including phenoxy) is 2. The molecule has 0 aliphatic heterocycles. The number of anilines is 1. The first-order valence-electron chi connectivity index (χ1n) is 7.74. The first-order valence-corrected chi connectivity index (χ1v) is 7.74. The summed E-state index contributed by atoms with van der Waals surface area (Å²) in [6.07, 6.45) is 0. The second-order valence-corrected chi connectivity index (χ2v) is 5.60. The predicted octanol–water partition coefficient (Wildman–Crippen LogP) is 3.15. The molecule has 0 saturated heterocycles. The monoisotopic (exact) mass is 375 g/mol. The van der Waals surface area contributed by atoms with Crippen molar-refractivity contribution in [3.8, 4) is 11.5 Å². The fraction of sp³-hybridized carbons (Fsp3) is 0.235. The lowest BCUT2D eigenvalue weighted by Crippen LogP contribution is -2.20. The third kappa shape index (κ3) is 4.48. The first kappa shape index (κ1) is 19.6. The molecule has 0 aliphatic carbocycles. The molecule has 2 rings (SSSR count). The third-order valence-corrected chi connectivity index (χ3v) is 3.84. The summed E-state index contributed by atoms with van der Waals surface area (Å²) < 4.78 is 10.2. The molecule has 2 aromatic carbocycles. The van der Waals surface area contributed by atoms with Crippen molar-refractivity contribution in [2.24, 2.45) is 0 Å². The van der Waals surface area contributed by atoms with Crippen LogP contribution in [0.5, 0.6) is 11.5 Å². The molecule has 2 aromatic rings. The largest absolute Gasteiger partial charge is 0.485 e. The van der Waals surface area contributed by atoms with Gasteiger partial charge in [-0.1, -0.05) is 12.1 Å². The molecule has 0 aliphatic rings. The summed E-state index contributed by atoms with van der Waals surface area (Å²) in [6, 6.07) is 7.37. The number of nitrogens with one attached hydrogen (secondary N) is 1. The number of hydrogen-bond acceptors (Lipinski definition) is 7. The number of nitro benzene ring substituents is 2. The van der Waals surface area contributed by atoms with Gasteiger partial charge in [0.2, 0.25) is 0 Å². The Kier molecular flexibility index (Phi) is 5.91. The van der Waals surface area contributed by atoms with E-state index < -0.39 is 32.9 Å². The topological polar surface area (TPSA) is 134 Å². The van der Waals surface area contributed by atoms with Crippen LogP contribution in [0.25, 0.3) is 0 Å². The Morgan fingerprint density at radius 1 is 1.11 bits per heavy atom. The maximum absolute atomic E-state index is 12.1. The molecule has 1 N–H and O–H groups in total. The van der Waals surface area contributed by atoms with Crippen LogP contribution in [0.3, 0.4) is 0 Å². The number of rotatable bonds is 7. The molecule has 0 aromatic heterocycles. The minimum Gasteiger partial charge on any atom is -0.485 e. The van der Waals surface area contributed by atoms with Gasteiger partial charge in [-0.05, 0) is 31.0 Å². The zero-order chi connectivity index (χ0) is 20.1. The number of methoxy groups -OCH3 is 1. The molecule has 0 spiro atoms. The van der Waals surface area contributed by atoms with Crippen LogP contribution >= 0.6 is 0 Å². The third-order valence-electron chi connectivity index (χ3n) is 3.84. The average molecular weight is 375 g/mol. The van der Waals surface area contributed by atoms with Crippen LogP contribution in [-0.4, -0.2) is 29.5 Å². The lowest BCUT2D eigenvalue weighted by Gasteiger charge is -2.11. The van der Waals surface area contributed by atoms with Gasteiger partial charge in [-0.15, -0.1) is 0 Å². The minimum atomic E-state index is -0.825. The number of benzene rings is 2. The highest BCUT2D eigenvalue weighted by atomic mass is 16.6. The van der Waals surface area contributed by atoms with E-state index in [-0.39, 0.29) is 12.3 Å². The SMILES string of the molecule is COc1c([N+](=O)[O-])cc(NC(=O)COc2cccc(C)c2C)cc1[N+](=O)[O-]. The highest BCUT2D eigenvalue weighted by Crippen LogP contribution is 2.39. The summed E-state index contributed by atoms with van der Waals surface area (Å²) in [5, 5.41) is 24.6. The molecule has 0 unspecified atom stereocenters. The number of amides is 1. The fourth-order valence-electron chi connectivity index (χ4n) is 2.37. The zero-order valence-electron chi connectivity index (χ0n) is 14.8. The second-order valence-electron chi connectivity index (χ2n) is 5.60. The standard InChI is InChI=1S/C17H17N3O7/c1-10-5-4-6-15(11(10)2)27-9-16(21)18-12-7-13(19(22)23)17(26-3)14(8-12)20(24)25/h4-8H,9H2,1-3H3,(H,18,21). The maximum atomic E-state index is 12.1. The van der Waals surface area contributed by atoms with Gasteiger partial charge in [0.15, 0.2) is 6.61 Å². The van der Waals surface area contributed by atoms with Crippen molar-refractivity contribution >= 4 is 23.0 Å². The van der Waals surface area contributed by atoms with Gasteiger partial charge in [-0.3, -0.25) is 25.0 Å². The van der Waals surface area contributed by atoms with Gasteiger partial charge < -0.3 is 14.8 Å². The van der Waals surface area contributed by atoms with Gasteiger partial charge in [-0.25, -0.2) is 0 Å². The Morgan fingerprint density at radius 3 is 2.22 bits per heavy atom. The lowest BCUT2D eigenvalue weighted by atomic mass is 10.1. The van der Waals surface area contributed by atoms with E-state index in [1.54, 1.807) is 12.1 Å². The number of nitro groups is 2. The number of nitrogens with zero attached hydrogens (tertiary/aromatic N) is 2. The summed E-state index contributed by atoms with van der Waals surface area (Å²) in [7, 11) is 1.09. The van der Waals surface area contributed by atoms with Crippen LogP contribution in [0, 0.1) is 34.1 Å². The van der Waals surface area contributed by atoms with Gasteiger partial charge in [-0.2, -0.15) is 0 Å². The van der Waals surface area contributed by atoms with Crippen molar-refractivity contribution < 1.29 is 24.1 Å². The molecule has 0 fully saturated rings. The van der Waals surface area contributed by atoms with Crippen LogP contribution in [0.2, 0.25) is 0 Å². The summed E-state index contributed by atoms with van der Waals surface area (Å²) in [4.78, 5) is 32.7. The van der Waals surface area contributed by atoms with Gasteiger partial charge in [0.25, 0.3) is 11.7 Å². The van der Waals surface area contributed by atoms with Crippen molar-refractivity contribution in [2.45, 2.75) is 13.8 Å². The van der Waals surface area contributed by atoms with Gasteiger partial charge >= 0.3 is 11.4 Å². The van der Waals surface area contributed by atoms with Gasteiger partial charge in [0.1, 0.15) is 5.75 Å². The molecular formula is C17H17N3O7. The quantitative estimate of drug-likeness (QED) is 0.580. The van der Waals surface area contributed by atoms with Crippen LogP contribution in [-0.2, 0) is 4.79 Å². The highest BCUT2D eigenvalue weighted by molar-refractivity contribution is 5.93. The molecule has 0 radical (unpaired) electrons. The van der Waals surface area contributed by atoms with Crippen LogP contribution in [0.4, 0.5) is 17.1 Å². The van der Waals surface area contributed by atoms with Crippen molar-refractivity contribution in [3.63, 3.8) is 0 Å². The number of carbonyl (C=O) groups excluding carboxylic acids is 1. The van der Waals surface area contributed by atoms with E-state index in [0.29, 0.717) is 5.75 Å². The molecule has 10 heteroatoms. The fourth-order valence-corrected chi connectivity index (χ4v) is 2.37. The molecule has 0 saturated carbocycles. The summed E-state index contributed by atoms with van der Waals surface area (Å²) in [5.41, 5.74) is 0.508. The van der Waals surface area contributed by atoms with E-state index >= 15 is 0 Å². The highest BCUT2D eigenvalue weighted by Gasteiger charge is 2.28. The van der Waals surface area contributed by atoms with Crippen LogP contribution < -0.4 is 14.8 Å². The van der Waals surface area contributed by atoms with E-state index in [2.05, 4.69) is 5.32 Å². The molecule has 0 bridgehead atoms. The smallest absolute Gasteiger partial charge is 0.320 e. The molecule has 10 nitrogen and oxygen atoms in total. The van der Waals surface area contributed by atoms with Crippen molar-refractivity contribution in [3.05, 3.63) is 61.7 Å². The Labute approximate surface area is 154 Å². The predicted molar refractivity (Wildman–Crippen MR) is 96.3 cm³/mol. The van der Waals surface area contributed by atoms with Crippen molar-refractivity contribution in [1.82, 2.24) is 0 Å². The molecule has 0 atom stereocenters. The molecule has 27 heavy (non-hydrogen) atoms. The lowest BCUT2D eigenvalue weighted by molar-refractivity contribution is -0.395. The van der Waals surface area contributed by atoms with E-state index in [4.69, 9.17) is 9.47 Å². The number of aryl methyl sites for hydroxylation is 1. The van der Waals surface area contributed by atoms with E-state index in [1.165, 1.54) is 0 Å². The van der Waals surface area contributed by atoms with E-state index in [9.17, 15) is 25.0 Å². The Morgan fingerprint density at radius 2 is 1.70 bits per heavy atom. The average Bonchev–Trinajstić information content (AvgIpc) is 2.62. The molecular weight excluding hydrogens is 358 g/mol. The molecule has 142 valence electrons. The van der Waals surface area contributed by atoms with Crippen LogP contribution in [0.15, 0.2) is 30.3 Å². The second kappa shape index (κ2) is 8.13. The first-order chi connectivity index (χ1) is 12.7. The summed E-state index contributed by atoms with van der Waals surface area (Å²) in [5.74, 6) is -0.587. The Hall–Kier alpha value is -3.69. The Bertz CT molecular complexity index is 876. The summed E-state index contributed by atoms with van der Waals surface area (Å²) in [6.45, 7) is 3.38. The zero-order valence-corrected chi connectivity index (χ0v) is 14.8. The summed E-state index contributed by atoms with van der Waals surface area (Å²) >= 11 is 0. The maximum Gasteiger partial charge on any atom is 0.320 e. The number of hydrogen-bond donors (Lipinski definition) is 1. The van der Waals surface area contributed by atoms with Crippen molar-refractivity contribution in [1.29, 1.82) is 0 Å². The molecule has 1 amide bonds. The van der Waals surface area contributed by atoms with E-state index in [1.807, 2.05) is 19.9 Å². The van der Waals surface area contributed by atoms with Crippen LogP contribution in [0.1, 0.15) is 11.1 Å².